The summed E-state index contributed by atoms with van der Waals surface area (Å²) in [6.45, 7) is 3.35. The van der Waals surface area contributed by atoms with Crippen molar-refractivity contribution in [1.82, 2.24) is 9.88 Å². The van der Waals surface area contributed by atoms with Gasteiger partial charge >= 0.3 is 5.97 Å². The molecular weight excluding hydrogens is 280 g/mol. The fourth-order valence-corrected chi connectivity index (χ4v) is 4.02. The third-order valence-corrected chi connectivity index (χ3v) is 5.15. The molecule has 1 aliphatic rings. The van der Waals surface area contributed by atoms with Gasteiger partial charge in [0, 0.05) is 23.3 Å². The Bertz CT molecular complexity index is 605. The number of fused-ring (bicyclic) bond motifs is 1. The van der Waals surface area contributed by atoms with Gasteiger partial charge in [-0.25, -0.2) is 4.98 Å². The summed E-state index contributed by atoms with van der Waals surface area (Å²) >= 11 is 3.26. The minimum absolute atomic E-state index is 0.531. The molecule has 0 aliphatic carbocycles. The van der Waals surface area contributed by atoms with Crippen LogP contribution in [0.1, 0.15) is 27.2 Å². The summed E-state index contributed by atoms with van der Waals surface area (Å²) in [5.74, 6) is -0.772. The minimum Gasteiger partial charge on any atom is -0.480 e. The number of hydrogen-bond donors (Lipinski definition) is 1. The number of rotatable bonds is 3. The Morgan fingerprint density at radius 2 is 2.42 bits per heavy atom. The highest BCUT2D eigenvalue weighted by atomic mass is 32.1. The minimum atomic E-state index is -0.772. The van der Waals surface area contributed by atoms with E-state index in [4.69, 9.17) is 0 Å². The molecule has 1 N–H and O–H groups in total. The number of aryl methyl sites for hydroxylation is 1. The van der Waals surface area contributed by atoms with Crippen LogP contribution in [-0.4, -0.2) is 27.5 Å². The van der Waals surface area contributed by atoms with Crippen molar-refractivity contribution >= 4 is 28.6 Å². The van der Waals surface area contributed by atoms with Crippen LogP contribution in [-0.2, 0) is 17.8 Å². The molecule has 4 nitrogen and oxygen atoms in total. The van der Waals surface area contributed by atoms with Crippen molar-refractivity contribution in [2.45, 2.75) is 25.9 Å². The number of hydrogen-bond acceptors (Lipinski definition) is 5. The maximum absolute atomic E-state index is 11.6. The van der Waals surface area contributed by atoms with Crippen molar-refractivity contribution in [2.75, 3.05) is 6.54 Å². The number of aromatic nitrogens is 1. The van der Waals surface area contributed by atoms with Gasteiger partial charge in [0.15, 0.2) is 0 Å². The van der Waals surface area contributed by atoms with Crippen LogP contribution in [0.5, 0.6) is 0 Å². The van der Waals surface area contributed by atoms with Crippen molar-refractivity contribution < 1.29 is 9.90 Å². The van der Waals surface area contributed by atoms with Gasteiger partial charge in [-0.15, -0.1) is 22.7 Å². The second kappa shape index (κ2) is 5.03. The monoisotopic (exact) mass is 294 g/mol. The van der Waals surface area contributed by atoms with Crippen LogP contribution in [0.15, 0.2) is 16.8 Å². The van der Waals surface area contributed by atoms with E-state index in [1.165, 1.54) is 4.88 Å². The first-order valence-electron chi connectivity index (χ1n) is 6.09. The van der Waals surface area contributed by atoms with Gasteiger partial charge in [0.05, 0.1) is 10.7 Å². The van der Waals surface area contributed by atoms with Crippen LogP contribution in [0.25, 0.3) is 0 Å². The number of nitrogens with zero attached hydrogens (tertiary/aromatic N) is 2. The molecule has 3 heterocycles. The summed E-state index contributed by atoms with van der Waals surface area (Å²) in [5, 5.41) is 14.5. The van der Waals surface area contributed by atoms with Gasteiger partial charge < -0.3 is 5.11 Å². The lowest BCUT2D eigenvalue weighted by Gasteiger charge is -2.32. The highest BCUT2D eigenvalue weighted by molar-refractivity contribution is 7.10. The van der Waals surface area contributed by atoms with Crippen LogP contribution in [0, 0.1) is 6.92 Å². The van der Waals surface area contributed by atoms with Crippen molar-refractivity contribution in [3.8, 4) is 0 Å². The first-order valence-corrected chi connectivity index (χ1v) is 7.85. The Morgan fingerprint density at radius 1 is 1.58 bits per heavy atom. The van der Waals surface area contributed by atoms with Crippen molar-refractivity contribution in [1.29, 1.82) is 0 Å². The molecule has 0 bridgehead atoms. The van der Waals surface area contributed by atoms with Crippen LogP contribution >= 0.6 is 22.7 Å². The first-order chi connectivity index (χ1) is 9.15. The number of thiophene rings is 1. The SMILES string of the molecule is Cc1nc(CN2CCc3sccc3C2C(=O)O)cs1. The quantitative estimate of drug-likeness (QED) is 0.945. The molecule has 1 aliphatic heterocycles. The average molecular weight is 294 g/mol. The topological polar surface area (TPSA) is 53.4 Å². The zero-order valence-electron chi connectivity index (χ0n) is 10.5. The number of carboxylic acid groups (broad SMARTS) is 1. The summed E-state index contributed by atoms with van der Waals surface area (Å²) in [7, 11) is 0. The van der Waals surface area contributed by atoms with E-state index >= 15 is 0 Å². The summed E-state index contributed by atoms with van der Waals surface area (Å²) in [6.07, 6.45) is 0.930. The molecule has 0 saturated carbocycles. The molecule has 0 aromatic carbocycles. The normalized spacial score (nSPS) is 19.3. The highest BCUT2D eigenvalue weighted by Gasteiger charge is 2.33. The fraction of sp³-hybridized carbons (Fsp3) is 0.385. The maximum Gasteiger partial charge on any atom is 0.325 e. The number of carbonyl (C=O) groups is 1. The molecule has 100 valence electrons. The van der Waals surface area contributed by atoms with Crippen molar-refractivity contribution in [3.63, 3.8) is 0 Å². The third kappa shape index (κ3) is 2.43. The number of thiazole rings is 1. The van der Waals surface area contributed by atoms with Gasteiger partial charge in [0.25, 0.3) is 0 Å². The lowest BCUT2D eigenvalue weighted by Crippen LogP contribution is -2.38. The van der Waals surface area contributed by atoms with E-state index in [-0.39, 0.29) is 0 Å². The first kappa shape index (κ1) is 12.8. The molecule has 0 fully saturated rings. The maximum atomic E-state index is 11.6. The van der Waals surface area contributed by atoms with Crippen molar-refractivity contribution in [2.24, 2.45) is 0 Å². The molecule has 0 saturated heterocycles. The third-order valence-electron chi connectivity index (χ3n) is 3.33. The fourth-order valence-electron chi connectivity index (χ4n) is 2.52. The summed E-state index contributed by atoms with van der Waals surface area (Å²) in [6, 6.07) is 1.41. The highest BCUT2D eigenvalue weighted by Crippen LogP contribution is 2.34. The zero-order valence-corrected chi connectivity index (χ0v) is 12.1. The van der Waals surface area contributed by atoms with E-state index in [0.29, 0.717) is 6.54 Å². The molecule has 1 unspecified atom stereocenters. The summed E-state index contributed by atoms with van der Waals surface area (Å²) < 4.78 is 0. The van der Waals surface area contributed by atoms with Crippen LogP contribution < -0.4 is 0 Å². The van der Waals surface area contributed by atoms with Crippen LogP contribution in [0.2, 0.25) is 0 Å². The van der Waals surface area contributed by atoms with E-state index in [0.717, 1.165) is 29.2 Å². The molecule has 0 amide bonds. The summed E-state index contributed by atoms with van der Waals surface area (Å²) in [4.78, 5) is 19.2. The van der Waals surface area contributed by atoms with Crippen LogP contribution in [0.3, 0.4) is 0 Å². The van der Waals surface area contributed by atoms with Gasteiger partial charge in [-0.2, -0.15) is 0 Å². The van der Waals surface area contributed by atoms with E-state index in [1.54, 1.807) is 22.7 Å². The molecular formula is C13H14N2O2S2. The van der Waals surface area contributed by atoms with E-state index in [1.807, 2.05) is 28.7 Å². The Hall–Kier alpha value is -1.24. The van der Waals surface area contributed by atoms with Gasteiger partial charge in [0.2, 0.25) is 0 Å². The van der Waals surface area contributed by atoms with Gasteiger partial charge in [-0.05, 0) is 30.4 Å². The Balaban J connectivity index is 1.87. The van der Waals surface area contributed by atoms with Gasteiger partial charge in [-0.3, -0.25) is 9.69 Å². The van der Waals surface area contributed by atoms with E-state index in [9.17, 15) is 9.90 Å². The van der Waals surface area contributed by atoms with Crippen molar-refractivity contribution in [3.05, 3.63) is 38.0 Å². The van der Waals surface area contributed by atoms with Gasteiger partial charge in [-0.1, -0.05) is 0 Å². The largest absolute Gasteiger partial charge is 0.480 e. The van der Waals surface area contributed by atoms with Gasteiger partial charge in [0.1, 0.15) is 6.04 Å². The predicted molar refractivity (Wildman–Crippen MR) is 75.7 cm³/mol. The Kier molecular flexibility index (Phi) is 3.38. The lowest BCUT2D eigenvalue weighted by atomic mass is 10.00. The number of carboxylic acids is 1. The Labute approximate surface area is 119 Å². The standard InChI is InChI=1S/C13H14N2O2S2/c1-8-14-9(7-19-8)6-15-4-2-11-10(3-5-18-11)12(15)13(16)17/h3,5,7,12H,2,4,6H2,1H3,(H,16,17). The molecule has 6 heteroatoms. The average Bonchev–Trinajstić information content (AvgIpc) is 2.97. The van der Waals surface area contributed by atoms with E-state index < -0.39 is 12.0 Å². The molecule has 0 radical (unpaired) electrons. The molecule has 0 spiro atoms. The Morgan fingerprint density at radius 3 is 3.11 bits per heavy atom. The second-order valence-corrected chi connectivity index (χ2v) is 6.68. The number of aliphatic carboxylic acids is 1. The molecule has 2 aromatic heterocycles. The zero-order chi connectivity index (χ0) is 13.4. The van der Waals surface area contributed by atoms with E-state index in [2.05, 4.69) is 4.98 Å². The molecule has 2 aromatic rings. The summed E-state index contributed by atoms with van der Waals surface area (Å²) in [5.41, 5.74) is 1.92. The van der Waals surface area contributed by atoms with Crippen LogP contribution in [0.4, 0.5) is 0 Å². The lowest BCUT2D eigenvalue weighted by molar-refractivity contribution is -0.144. The molecule has 19 heavy (non-hydrogen) atoms. The smallest absolute Gasteiger partial charge is 0.325 e. The molecule has 1 atom stereocenters. The predicted octanol–water partition coefficient (Wildman–Crippen LogP) is 2.70. The second-order valence-electron chi connectivity index (χ2n) is 4.62. The molecule has 3 rings (SSSR count).